The molecule has 0 heterocycles. The van der Waals surface area contributed by atoms with Gasteiger partial charge in [0, 0.05) is 12.6 Å². The normalized spacial score (nSPS) is 12.9. The van der Waals surface area contributed by atoms with E-state index in [1.807, 2.05) is 0 Å². The van der Waals surface area contributed by atoms with Gasteiger partial charge in [0.05, 0.1) is 5.56 Å². The van der Waals surface area contributed by atoms with Crippen LogP contribution in [0.25, 0.3) is 0 Å². The third-order valence-corrected chi connectivity index (χ3v) is 1.74. The smallest absolute Gasteiger partial charge is 0.165 e. The summed E-state index contributed by atoms with van der Waals surface area (Å²) in [5, 5.41) is 9.13. The molecule has 0 bridgehead atoms. The molecule has 13 heavy (non-hydrogen) atoms. The summed E-state index contributed by atoms with van der Waals surface area (Å²) in [7, 11) is 0. The third kappa shape index (κ3) is 1.76. The van der Waals surface area contributed by atoms with Gasteiger partial charge in [-0.25, -0.2) is 8.78 Å². The number of aromatic hydroxyl groups is 1. The van der Waals surface area contributed by atoms with Crippen molar-refractivity contribution in [2.24, 2.45) is 11.5 Å². The van der Waals surface area contributed by atoms with Crippen molar-refractivity contribution >= 4 is 0 Å². The Morgan fingerprint density at radius 2 is 1.85 bits per heavy atom. The summed E-state index contributed by atoms with van der Waals surface area (Å²) in [5.41, 5.74) is 10.3. The Hall–Kier alpha value is -1.20. The predicted octanol–water partition coefficient (Wildman–Crippen LogP) is 0.629. The molecule has 0 spiro atoms. The minimum atomic E-state index is -0.902. The molecule has 5 N–H and O–H groups in total. The Labute approximate surface area is 74.0 Å². The largest absolute Gasteiger partial charge is 0.505 e. The highest BCUT2D eigenvalue weighted by Gasteiger charge is 2.17. The van der Waals surface area contributed by atoms with Crippen molar-refractivity contribution in [2.75, 3.05) is 6.54 Å². The summed E-state index contributed by atoms with van der Waals surface area (Å²) in [5.74, 6) is -2.42. The number of halogens is 2. The van der Waals surface area contributed by atoms with E-state index >= 15 is 0 Å². The number of benzene rings is 1. The zero-order chi connectivity index (χ0) is 10.0. The summed E-state index contributed by atoms with van der Waals surface area (Å²) >= 11 is 0. The molecular weight excluding hydrogens is 178 g/mol. The maximum Gasteiger partial charge on any atom is 0.165 e. The van der Waals surface area contributed by atoms with Crippen LogP contribution in [0.2, 0.25) is 0 Å². The highest BCUT2D eigenvalue weighted by molar-refractivity contribution is 5.37. The minimum Gasteiger partial charge on any atom is -0.505 e. The van der Waals surface area contributed by atoms with Crippen LogP contribution in [-0.2, 0) is 0 Å². The first kappa shape index (κ1) is 9.88. The van der Waals surface area contributed by atoms with Crippen molar-refractivity contribution < 1.29 is 13.9 Å². The molecule has 0 aliphatic rings. The fourth-order valence-corrected chi connectivity index (χ4v) is 1.03. The van der Waals surface area contributed by atoms with Gasteiger partial charge in [-0.2, -0.15) is 0 Å². The molecule has 1 atom stereocenters. The van der Waals surface area contributed by atoms with Crippen LogP contribution in [0.5, 0.6) is 5.75 Å². The van der Waals surface area contributed by atoms with Gasteiger partial charge < -0.3 is 16.6 Å². The quantitative estimate of drug-likeness (QED) is 0.637. The maximum absolute atomic E-state index is 13.0. The van der Waals surface area contributed by atoms with Gasteiger partial charge in [-0.15, -0.1) is 0 Å². The van der Waals surface area contributed by atoms with Crippen molar-refractivity contribution in [3.63, 3.8) is 0 Å². The van der Waals surface area contributed by atoms with E-state index in [0.717, 1.165) is 12.1 Å². The van der Waals surface area contributed by atoms with E-state index in [1.165, 1.54) is 0 Å². The summed E-state index contributed by atoms with van der Waals surface area (Å²) in [4.78, 5) is 0. The van der Waals surface area contributed by atoms with Crippen LogP contribution in [0.15, 0.2) is 12.1 Å². The van der Waals surface area contributed by atoms with Crippen molar-refractivity contribution in [2.45, 2.75) is 6.04 Å². The SMILES string of the molecule is NC[C@H](N)c1c(F)ccc(F)c1O. The van der Waals surface area contributed by atoms with E-state index in [4.69, 9.17) is 16.6 Å². The number of hydrogen-bond donors (Lipinski definition) is 3. The summed E-state index contributed by atoms with van der Waals surface area (Å²) in [6.45, 7) is -0.0616. The molecule has 0 fully saturated rings. The number of hydrogen-bond acceptors (Lipinski definition) is 3. The fraction of sp³-hybridized carbons (Fsp3) is 0.250. The van der Waals surface area contributed by atoms with Gasteiger partial charge in [-0.05, 0) is 12.1 Å². The fourth-order valence-electron chi connectivity index (χ4n) is 1.03. The van der Waals surface area contributed by atoms with Gasteiger partial charge in [0.1, 0.15) is 5.82 Å². The number of nitrogens with two attached hydrogens (primary N) is 2. The van der Waals surface area contributed by atoms with E-state index in [2.05, 4.69) is 0 Å². The van der Waals surface area contributed by atoms with Crippen LogP contribution in [-0.4, -0.2) is 11.7 Å². The van der Waals surface area contributed by atoms with Gasteiger partial charge in [0.15, 0.2) is 11.6 Å². The van der Waals surface area contributed by atoms with E-state index in [0.29, 0.717) is 0 Å². The molecule has 0 amide bonds. The van der Waals surface area contributed by atoms with E-state index in [-0.39, 0.29) is 12.1 Å². The first-order valence-corrected chi connectivity index (χ1v) is 3.70. The second-order valence-electron chi connectivity index (χ2n) is 2.63. The Kier molecular flexibility index (Phi) is 2.79. The van der Waals surface area contributed by atoms with Crippen molar-refractivity contribution in [3.8, 4) is 5.75 Å². The highest BCUT2D eigenvalue weighted by Crippen LogP contribution is 2.27. The van der Waals surface area contributed by atoms with Gasteiger partial charge >= 0.3 is 0 Å². The lowest BCUT2D eigenvalue weighted by molar-refractivity contribution is 0.411. The molecular formula is C8H10F2N2O. The molecule has 0 aromatic heterocycles. The molecule has 72 valence electrons. The molecule has 3 nitrogen and oxygen atoms in total. The summed E-state index contributed by atoms with van der Waals surface area (Å²) in [6.07, 6.45) is 0. The van der Waals surface area contributed by atoms with Gasteiger partial charge in [0.2, 0.25) is 0 Å². The van der Waals surface area contributed by atoms with Gasteiger partial charge in [0.25, 0.3) is 0 Å². The molecule has 0 unspecified atom stereocenters. The molecule has 1 aromatic rings. The molecule has 0 saturated heterocycles. The molecule has 5 heteroatoms. The number of phenols is 1. The zero-order valence-corrected chi connectivity index (χ0v) is 6.80. The Morgan fingerprint density at radius 1 is 1.31 bits per heavy atom. The Bertz CT molecular complexity index is 317. The number of phenolic OH excluding ortho intramolecular Hbond substituents is 1. The lowest BCUT2D eigenvalue weighted by atomic mass is 10.1. The van der Waals surface area contributed by atoms with Crippen LogP contribution in [0.3, 0.4) is 0 Å². The molecule has 1 aromatic carbocycles. The van der Waals surface area contributed by atoms with Crippen LogP contribution in [0, 0.1) is 11.6 Å². The van der Waals surface area contributed by atoms with Crippen molar-refractivity contribution in [1.82, 2.24) is 0 Å². The molecule has 0 aliphatic carbocycles. The summed E-state index contributed by atoms with van der Waals surface area (Å²) < 4.78 is 25.7. The van der Waals surface area contributed by atoms with Crippen LogP contribution < -0.4 is 11.5 Å². The minimum absolute atomic E-state index is 0.0616. The van der Waals surface area contributed by atoms with Crippen LogP contribution >= 0.6 is 0 Å². The lowest BCUT2D eigenvalue weighted by Crippen LogP contribution is -2.22. The average Bonchev–Trinajstić information content (AvgIpc) is 2.12. The Balaban J connectivity index is 3.25. The summed E-state index contributed by atoms with van der Waals surface area (Å²) in [6, 6.07) is 0.841. The topological polar surface area (TPSA) is 72.3 Å². The monoisotopic (exact) mass is 188 g/mol. The Morgan fingerprint density at radius 3 is 2.38 bits per heavy atom. The molecule has 0 radical (unpaired) electrons. The lowest BCUT2D eigenvalue weighted by Gasteiger charge is -2.12. The van der Waals surface area contributed by atoms with Crippen LogP contribution in [0.1, 0.15) is 11.6 Å². The molecule has 0 saturated carbocycles. The predicted molar refractivity (Wildman–Crippen MR) is 44.0 cm³/mol. The second-order valence-corrected chi connectivity index (χ2v) is 2.63. The number of rotatable bonds is 2. The van der Waals surface area contributed by atoms with Crippen LogP contribution in [0.4, 0.5) is 8.78 Å². The van der Waals surface area contributed by atoms with Gasteiger partial charge in [-0.1, -0.05) is 0 Å². The first-order valence-electron chi connectivity index (χ1n) is 3.70. The highest BCUT2D eigenvalue weighted by atomic mass is 19.1. The second kappa shape index (κ2) is 3.68. The van der Waals surface area contributed by atoms with E-state index in [1.54, 1.807) is 0 Å². The zero-order valence-electron chi connectivity index (χ0n) is 6.80. The first-order chi connectivity index (χ1) is 6.07. The maximum atomic E-state index is 13.0. The van der Waals surface area contributed by atoms with Gasteiger partial charge in [-0.3, -0.25) is 0 Å². The molecule has 0 aliphatic heterocycles. The average molecular weight is 188 g/mol. The third-order valence-electron chi connectivity index (χ3n) is 1.74. The standard InChI is InChI=1S/C8H10F2N2O/c9-4-1-2-5(10)8(13)7(4)6(12)3-11/h1-2,6,13H,3,11-12H2/t6-/m0/s1. The molecule has 1 rings (SSSR count). The van der Waals surface area contributed by atoms with Crippen molar-refractivity contribution in [1.29, 1.82) is 0 Å². The van der Waals surface area contributed by atoms with Crippen molar-refractivity contribution in [3.05, 3.63) is 29.3 Å². The van der Waals surface area contributed by atoms with E-state index < -0.39 is 23.4 Å². The van der Waals surface area contributed by atoms with E-state index in [9.17, 15) is 8.78 Å².